The Bertz CT molecular complexity index is 786. The number of aryl methyl sites for hydroxylation is 1. The summed E-state index contributed by atoms with van der Waals surface area (Å²) in [5.74, 6) is -0.130. The first-order valence-corrected chi connectivity index (χ1v) is 6.76. The van der Waals surface area contributed by atoms with Crippen molar-refractivity contribution in [2.45, 2.75) is 6.42 Å². The summed E-state index contributed by atoms with van der Waals surface area (Å²) in [6.45, 7) is 0.565. The standard InChI is InChI=1S/C15H17N5O/c1-20-9-10(8-18-20)5-6-17-15(21)13-7-11-3-2-4-12(16)14(11)19-13/h2-4,7-9,19H,5-6,16H2,1H3,(H,17,21). The van der Waals surface area contributed by atoms with Crippen LogP contribution < -0.4 is 11.1 Å². The van der Waals surface area contributed by atoms with E-state index in [9.17, 15) is 4.79 Å². The van der Waals surface area contributed by atoms with Gasteiger partial charge in [-0.15, -0.1) is 0 Å². The van der Waals surface area contributed by atoms with Crippen LogP contribution in [0.2, 0.25) is 0 Å². The summed E-state index contributed by atoms with van der Waals surface area (Å²) in [5.41, 5.74) is 8.94. The number of para-hydroxylation sites is 1. The van der Waals surface area contributed by atoms with Gasteiger partial charge in [-0.3, -0.25) is 9.48 Å². The Labute approximate surface area is 121 Å². The molecule has 4 N–H and O–H groups in total. The molecule has 0 aliphatic rings. The molecule has 0 saturated heterocycles. The number of anilines is 1. The molecule has 108 valence electrons. The normalized spacial score (nSPS) is 10.9. The summed E-state index contributed by atoms with van der Waals surface area (Å²) in [4.78, 5) is 15.2. The minimum absolute atomic E-state index is 0.130. The van der Waals surface area contributed by atoms with Crippen molar-refractivity contribution in [3.05, 3.63) is 47.9 Å². The number of aromatic amines is 1. The Balaban J connectivity index is 1.65. The molecule has 0 atom stereocenters. The molecule has 0 spiro atoms. The highest BCUT2D eigenvalue weighted by Gasteiger charge is 2.10. The van der Waals surface area contributed by atoms with Gasteiger partial charge >= 0.3 is 0 Å². The maximum absolute atomic E-state index is 12.1. The lowest BCUT2D eigenvalue weighted by Crippen LogP contribution is -2.25. The number of nitrogens with zero attached hydrogens (tertiary/aromatic N) is 2. The van der Waals surface area contributed by atoms with Crippen LogP contribution in [0.1, 0.15) is 16.1 Å². The molecule has 2 aromatic heterocycles. The summed E-state index contributed by atoms with van der Waals surface area (Å²) in [6, 6.07) is 7.41. The number of nitrogens with one attached hydrogen (secondary N) is 2. The Morgan fingerprint density at radius 3 is 3.05 bits per heavy atom. The number of H-pyrrole nitrogens is 1. The highest BCUT2D eigenvalue weighted by molar-refractivity contribution is 6.00. The van der Waals surface area contributed by atoms with Crippen LogP contribution in [0.15, 0.2) is 36.7 Å². The number of nitrogen functional groups attached to an aromatic ring is 1. The van der Waals surface area contributed by atoms with Crippen molar-refractivity contribution in [2.75, 3.05) is 12.3 Å². The largest absolute Gasteiger partial charge is 0.397 e. The fourth-order valence-corrected chi connectivity index (χ4v) is 2.32. The molecule has 3 aromatic rings. The van der Waals surface area contributed by atoms with Crippen LogP contribution >= 0.6 is 0 Å². The second-order valence-electron chi connectivity index (χ2n) is 5.02. The smallest absolute Gasteiger partial charge is 0.267 e. The average molecular weight is 283 g/mol. The van der Waals surface area contributed by atoms with Crippen LogP contribution in [0.25, 0.3) is 10.9 Å². The zero-order valence-electron chi connectivity index (χ0n) is 11.8. The summed E-state index contributed by atoms with van der Waals surface area (Å²) in [6.07, 6.45) is 4.49. The van der Waals surface area contributed by atoms with Crippen LogP contribution in [0.3, 0.4) is 0 Å². The maximum Gasteiger partial charge on any atom is 0.267 e. The molecule has 0 aliphatic carbocycles. The van der Waals surface area contributed by atoms with Crippen molar-refractivity contribution < 1.29 is 4.79 Å². The number of carbonyl (C=O) groups excluding carboxylic acids is 1. The predicted molar refractivity (Wildman–Crippen MR) is 82.0 cm³/mol. The first kappa shape index (κ1) is 13.2. The molecule has 6 nitrogen and oxygen atoms in total. The van der Waals surface area contributed by atoms with E-state index in [4.69, 9.17) is 5.73 Å². The molecule has 0 radical (unpaired) electrons. The molecular formula is C15H17N5O. The number of carbonyl (C=O) groups is 1. The molecule has 1 aromatic carbocycles. The Morgan fingerprint density at radius 2 is 2.33 bits per heavy atom. The van der Waals surface area contributed by atoms with E-state index in [1.165, 1.54) is 0 Å². The van der Waals surface area contributed by atoms with E-state index in [-0.39, 0.29) is 5.91 Å². The minimum atomic E-state index is -0.130. The topological polar surface area (TPSA) is 88.7 Å². The number of hydrogen-bond donors (Lipinski definition) is 3. The van der Waals surface area contributed by atoms with E-state index in [0.29, 0.717) is 17.9 Å². The van der Waals surface area contributed by atoms with Gasteiger partial charge in [-0.05, 0) is 24.1 Å². The lowest BCUT2D eigenvalue weighted by molar-refractivity contribution is 0.0950. The molecule has 0 bridgehead atoms. The number of nitrogens with two attached hydrogens (primary N) is 1. The van der Waals surface area contributed by atoms with Crippen molar-refractivity contribution >= 4 is 22.5 Å². The third kappa shape index (κ3) is 2.74. The van der Waals surface area contributed by atoms with Crippen molar-refractivity contribution in [3.63, 3.8) is 0 Å². The number of benzene rings is 1. The molecule has 21 heavy (non-hydrogen) atoms. The number of fused-ring (bicyclic) bond motifs is 1. The fraction of sp³-hybridized carbons (Fsp3) is 0.200. The zero-order chi connectivity index (χ0) is 14.8. The van der Waals surface area contributed by atoms with Crippen LogP contribution in [-0.2, 0) is 13.5 Å². The van der Waals surface area contributed by atoms with Gasteiger partial charge in [0.15, 0.2) is 0 Å². The maximum atomic E-state index is 12.1. The molecule has 0 fully saturated rings. The molecule has 3 rings (SSSR count). The average Bonchev–Trinajstić information content (AvgIpc) is 3.06. The Hall–Kier alpha value is -2.76. The predicted octanol–water partition coefficient (Wildman–Crippen LogP) is 1.46. The highest BCUT2D eigenvalue weighted by atomic mass is 16.1. The van der Waals surface area contributed by atoms with Crippen molar-refractivity contribution in [1.29, 1.82) is 0 Å². The quantitative estimate of drug-likeness (QED) is 0.633. The van der Waals surface area contributed by atoms with Gasteiger partial charge in [0.05, 0.1) is 17.4 Å². The Morgan fingerprint density at radius 1 is 1.48 bits per heavy atom. The Kier molecular flexibility index (Phi) is 3.35. The van der Waals surface area contributed by atoms with Crippen LogP contribution in [0.5, 0.6) is 0 Å². The van der Waals surface area contributed by atoms with Gasteiger partial charge in [-0.2, -0.15) is 5.10 Å². The van der Waals surface area contributed by atoms with Gasteiger partial charge in [0.1, 0.15) is 5.69 Å². The minimum Gasteiger partial charge on any atom is -0.397 e. The summed E-state index contributed by atoms with van der Waals surface area (Å²) in [5, 5.41) is 7.92. The third-order valence-corrected chi connectivity index (χ3v) is 3.39. The lowest BCUT2D eigenvalue weighted by atomic mass is 10.2. The van der Waals surface area contributed by atoms with Crippen molar-refractivity contribution in [1.82, 2.24) is 20.1 Å². The molecule has 1 amide bonds. The van der Waals surface area contributed by atoms with Gasteiger partial charge in [-0.25, -0.2) is 0 Å². The molecule has 0 aliphatic heterocycles. The first-order chi connectivity index (χ1) is 10.1. The van der Waals surface area contributed by atoms with E-state index in [2.05, 4.69) is 15.4 Å². The van der Waals surface area contributed by atoms with Crippen LogP contribution in [0.4, 0.5) is 5.69 Å². The van der Waals surface area contributed by atoms with E-state index >= 15 is 0 Å². The molecular weight excluding hydrogens is 266 g/mol. The molecule has 0 saturated carbocycles. The van der Waals surface area contributed by atoms with E-state index in [1.54, 1.807) is 10.9 Å². The van der Waals surface area contributed by atoms with Gasteiger partial charge in [-0.1, -0.05) is 12.1 Å². The number of amides is 1. The zero-order valence-corrected chi connectivity index (χ0v) is 11.8. The molecule has 0 unspecified atom stereocenters. The van der Waals surface area contributed by atoms with E-state index in [0.717, 1.165) is 22.9 Å². The summed E-state index contributed by atoms with van der Waals surface area (Å²) < 4.78 is 1.75. The molecule has 2 heterocycles. The van der Waals surface area contributed by atoms with E-state index in [1.807, 2.05) is 37.5 Å². The fourth-order valence-electron chi connectivity index (χ4n) is 2.32. The SMILES string of the molecule is Cn1cc(CCNC(=O)c2cc3cccc(N)c3[nH]2)cn1. The molecule has 6 heteroatoms. The summed E-state index contributed by atoms with van der Waals surface area (Å²) in [7, 11) is 1.87. The monoisotopic (exact) mass is 283 g/mol. The number of rotatable bonds is 4. The van der Waals surface area contributed by atoms with Gasteiger partial charge in [0, 0.05) is 25.2 Å². The van der Waals surface area contributed by atoms with Crippen LogP contribution in [0, 0.1) is 0 Å². The second kappa shape index (κ2) is 5.32. The van der Waals surface area contributed by atoms with Gasteiger partial charge in [0.2, 0.25) is 0 Å². The number of hydrogen-bond acceptors (Lipinski definition) is 3. The van der Waals surface area contributed by atoms with Crippen molar-refractivity contribution in [3.8, 4) is 0 Å². The second-order valence-corrected chi connectivity index (χ2v) is 5.02. The van der Waals surface area contributed by atoms with Gasteiger partial charge < -0.3 is 16.0 Å². The van der Waals surface area contributed by atoms with Crippen molar-refractivity contribution in [2.24, 2.45) is 7.05 Å². The van der Waals surface area contributed by atoms with Crippen LogP contribution in [-0.4, -0.2) is 27.2 Å². The first-order valence-electron chi connectivity index (χ1n) is 6.76. The van der Waals surface area contributed by atoms with E-state index < -0.39 is 0 Å². The highest BCUT2D eigenvalue weighted by Crippen LogP contribution is 2.20. The lowest BCUT2D eigenvalue weighted by Gasteiger charge is -2.02. The number of aromatic nitrogens is 3. The van der Waals surface area contributed by atoms with Gasteiger partial charge in [0.25, 0.3) is 5.91 Å². The third-order valence-electron chi connectivity index (χ3n) is 3.39. The summed E-state index contributed by atoms with van der Waals surface area (Å²) >= 11 is 0.